The van der Waals surface area contributed by atoms with Gasteiger partial charge in [-0.3, -0.25) is 9.69 Å². The number of nitrogens with zero attached hydrogens (tertiary/aromatic N) is 1. The van der Waals surface area contributed by atoms with Gasteiger partial charge in [-0.2, -0.15) is 0 Å². The van der Waals surface area contributed by atoms with Crippen molar-refractivity contribution in [3.05, 3.63) is 34.9 Å². The SMILES string of the molecule is CC1CCC2(CC1)NC(=O)N(C[C@@H](O)COCc1ccc(Cl)cc1)C2=O. The van der Waals surface area contributed by atoms with Gasteiger partial charge in [0.05, 0.1) is 25.9 Å². The van der Waals surface area contributed by atoms with Crippen LogP contribution in [0.5, 0.6) is 0 Å². The lowest BCUT2D eigenvalue weighted by atomic mass is 9.77. The molecule has 1 aromatic carbocycles. The van der Waals surface area contributed by atoms with Crippen LogP contribution < -0.4 is 5.32 Å². The first-order valence-corrected chi connectivity index (χ1v) is 9.42. The molecule has 1 aromatic rings. The summed E-state index contributed by atoms with van der Waals surface area (Å²) >= 11 is 5.83. The first-order chi connectivity index (χ1) is 12.4. The van der Waals surface area contributed by atoms with Gasteiger partial charge in [-0.25, -0.2) is 4.79 Å². The molecule has 3 rings (SSSR count). The van der Waals surface area contributed by atoms with E-state index in [4.69, 9.17) is 16.3 Å². The molecular formula is C19H25ClN2O4. The van der Waals surface area contributed by atoms with Crippen LogP contribution in [0.25, 0.3) is 0 Å². The first-order valence-electron chi connectivity index (χ1n) is 9.04. The molecular weight excluding hydrogens is 356 g/mol. The Morgan fingerprint density at radius 1 is 1.31 bits per heavy atom. The van der Waals surface area contributed by atoms with Crippen LogP contribution in [0, 0.1) is 5.92 Å². The predicted molar refractivity (Wildman–Crippen MR) is 97.7 cm³/mol. The lowest BCUT2D eigenvalue weighted by Gasteiger charge is -2.33. The van der Waals surface area contributed by atoms with E-state index in [1.54, 1.807) is 12.1 Å². The molecule has 0 unspecified atom stereocenters. The number of carbonyl (C=O) groups is 2. The van der Waals surface area contributed by atoms with Gasteiger partial charge < -0.3 is 15.2 Å². The maximum absolute atomic E-state index is 12.7. The average molecular weight is 381 g/mol. The zero-order valence-electron chi connectivity index (χ0n) is 14.9. The fourth-order valence-corrected chi connectivity index (χ4v) is 3.72. The molecule has 2 N–H and O–H groups in total. The molecule has 3 amide bonds. The summed E-state index contributed by atoms with van der Waals surface area (Å²) in [4.78, 5) is 26.1. The number of carbonyl (C=O) groups excluding carboxylic acids is 2. The zero-order valence-corrected chi connectivity index (χ0v) is 15.7. The van der Waals surface area contributed by atoms with Gasteiger partial charge in [0.1, 0.15) is 5.54 Å². The number of β-amino-alcohol motifs (C(OH)–C–C–N with tert-alkyl or cyclic N) is 1. The van der Waals surface area contributed by atoms with E-state index in [-0.39, 0.29) is 19.1 Å². The number of halogens is 1. The molecule has 1 aliphatic carbocycles. The van der Waals surface area contributed by atoms with Crippen LogP contribution in [0.3, 0.4) is 0 Å². The van der Waals surface area contributed by atoms with E-state index < -0.39 is 17.7 Å². The standard InChI is InChI=1S/C19H25ClN2O4/c1-13-6-8-19(9-7-13)17(24)22(18(25)21-19)10-16(23)12-26-11-14-2-4-15(20)5-3-14/h2-5,13,16,23H,6-12H2,1H3,(H,21,25)/t13?,16-,19?/m1/s1. The molecule has 142 valence electrons. The largest absolute Gasteiger partial charge is 0.389 e. The molecule has 2 fully saturated rings. The number of aliphatic hydroxyl groups is 1. The highest BCUT2D eigenvalue weighted by molar-refractivity contribution is 6.30. The first kappa shape index (κ1) is 19.1. The van der Waals surface area contributed by atoms with Crippen LogP contribution >= 0.6 is 11.6 Å². The summed E-state index contributed by atoms with van der Waals surface area (Å²) < 4.78 is 5.49. The second kappa shape index (κ2) is 7.94. The minimum atomic E-state index is -0.922. The minimum absolute atomic E-state index is 0.0454. The molecule has 1 heterocycles. The van der Waals surface area contributed by atoms with Gasteiger partial charge in [0.2, 0.25) is 0 Å². The van der Waals surface area contributed by atoms with Crippen LogP contribution in [-0.2, 0) is 16.1 Å². The summed E-state index contributed by atoms with van der Waals surface area (Å²) in [6.45, 7) is 2.48. The predicted octanol–water partition coefficient (Wildman–Crippen LogP) is 2.72. The number of imide groups is 1. The number of ether oxygens (including phenoxy) is 1. The zero-order chi connectivity index (χ0) is 18.7. The van der Waals surface area contributed by atoms with Crippen LogP contribution in [0.4, 0.5) is 4.79 Å². The van der Waals surface area contributed by atoms with Crippen molar-refractivity contribution in [1.82, 2.24) is 10.2 Å². The third-order valence-electron chi connectivity index (χ3n) is 5.26. The van der Waals surface area contributed by atoms with E-state index in [2.05, 4.69) is 12.2 Å². The third-order valence-corrected chi connectivity index (χ3v) is 5.51. The van der Waals surface area contributed by atoms with Crippen LogP contribution in [0.15, 0.2) is 24.3 Å². The smallest absolute Gasteiger partial charge is 0.325 e. The van der Waals surface area contributed by atoms with E-state index in [9.17, 15) is 14.7 Å². The van der Waals surface area contributed by atoms with Gasteiger partial charge in [-0.15, -0.1) is 0 Å². The number of rotatable bonds is 6. The molecule has 26 heavy (non-hydrogen) atoms. The van der Waals surface area contributed by atoms with E-state index >= 15 is 0 Å². The molecule has 0 aromatic heterocycles. The van der Waals surface area contributed by atoms with E-state index in [0.717, 1.165) is 23.3 Å². The Morgan fingerprint density at radius 3 is 2.62 bits per heavy atom. The van der Waals surface area contributed by atoms with Gasteiger partial charge in [0.25, 0.3) is 5.91 Å². The molecule has 0 radical (unpaired) electrons. The van der Waals surface area contributed by atoms with Crippen molar-refractivity contribution in [3.63, 3.8) is 0 Å². The van der Waals surface area contributed by atoms with Crippen molar-refractivity contribution in [1.29, 1.82) is 0 Å². The van der Waals surface area contributed by atoms with Crippen LogP contribution in [0.1, 0.15) is 38.2 Å². The molecule has 1 spiro atoms. The van der Waals surface area contributed by atoms with Crippen molar-refractivity contribution >= 4 is 23.5 Å². The van der Waals surface area contributed by atoms with Crippen LogP contribution in [-0.4, -0.2) is 46.7 Å². The maximum Gasteiger partial charge on any atom is 0.325 e. The molecule has 7 heteroatoms. The number of hydrogen-bond donors (Lipinski definition) is 2. The van der Waals surface area contributed by atoms with Crippen molar-refractivity contribution in [2.75, 3.05) is 13.2 Å². The number of aliphatic hydroxyl groups excluding tert-OH is 1. The Morgan fingerprint density at radius 2 is 1.96 bits per heavy atom. The quantitative estimate of drug-likeness (QED) is 0.744. The minimum Gasteiger partial charge on any atom is -0.389 e. The van der Waals surface area contributed by atoms with Crippen molar-refractivity contribution in [2.45, 2.75) is 50.9 Å². The second-order valence-electron chi connectivity index (χ2n) is 7.41. The van der Waals surface area contributed by atoms with Gasteiger partial charge in [-0.1, -0.05) is 30.7 Å². The Balaban J connectivity index is 1.49. The Bertz CT molecular complexity index is 656. The summed E-state index contributed by atoms with van der Waals surface area (Å²) in [6, 6.07) is 6.82. The highest BCUT2D eigenvalue weighted by Gasteiger charge is 2.52. The lowest BCUT2D eigenvalue weighted by molar-refractivity contribution is -0.134. The molecule has 1 saturated heterocycles. The average Bonchev–Trinajstić information content (AvgIpc) is 2.84. The van der Waals surface area contributed by atoms with Gasteiger partial charge >= 0.3 is 6.03 Å². The van der Waals surface area contributed by atoms with Crippen molar-refractivity contribution in [2.24, 2.45) is 5.92 Å². The topological polar surface area (TPSA) is 78.9 Å². The summed E-state index contributed by atoms with van der Waals surface area (Å²) in [5.74, 6) is 0.359. The highest BCUT2D eigenvalue weighted by atomic mass is 35.5. The van der Waals surface area contributed by atoms with Crippen molar-refractivity contribution < 1.29 is 19.4 Å². The molecule has 1 saturated carbocycles. The Hall–Kier alpha value is -1.63. The lowest BCUT2D eigenvalue weighted by Crippen LogP contribution is -2.49. The van der Waals surface area contributed by atoms with E-state index in [1.807, 2.05) is 12.1 Å². The molecule has 1 aliphatic heterocycles. The summed E-state index contributed by atoms with van der Waals surface area (Å²) in [5.41, 5.74) is 0.167. The fourth-order valence-electron chi connectivity index (χ4n) is 3.59. The highest BCUT2D eigenvalue weighted by Crippen LogP contribution is 2.36. The fraction of sp³-hybridized carbons (Fsp3) is 0.579. The van der Waals surface area contributed by atoms with E-state index in [0.29, 0.717) is 30.4 Å². The number of hydrogen-bond acceptors (Lipinski definition) is 4. The summed E-state index contributed by atoms with van der Waals surface area (Å²) in [7, 11) is 0. The number of benzene rings is 1. The Labute approximate surface area is 158 Å². The number of urea groups is 1. The monoisotopic (exact) mass is 380 g/mol. The normalized spacial score (nSPS) is 27.0. The number of nitrogens with one attached hydrogen (secondary N) is 1. The van der Waals surface area contributed by atoms with Gasteiger partial charge in [-0.05, 0) is 49.3 Å². The number of amides is 3. The molecule has 2 aliphatic rings. The van der Waals surface area contributed by atoms with Gasteiger partial charge in [0, 0.05) is 5.02 Å². The summed E-state index contributed by atoms with van der Waals surface area (Å²) in [6.07, 6.45) is 2.26. The summed E-state index contributed by atoms with van der Waals surface area (Å²) in [5, 5.41) is 13.7. The second-order valence-corrected chi connectivity index (χ2v) is 7.84. The van der Waals surface area contributed by atoms with Gasteiger partial charge in [0.15, 0.2) is 0 Å². The molecule has 0 bridgehead atoms. The maximum atomic E-state index is 12.7. The van der Waals surface area contributed by atoms with E-state index in [1.165, 1.54) is 0 Å². The Kier molecular flexibility index (Phi) is 5.85. The van der Waals surface area contributed by atoms with Crippen LogP contribution in [0.2, 0.25) is 5.02 Å². The molecule has 6 nitrogen and oxygen atoms in total. The third kappa shape index (κ3) is 4.19. The molecule has 1 atom stereocenters. The van der Waals surface area contributed by atoms with Crippen molar-refractivity contribution in [3.8, 4) is 0 Å².